The number of nitrogens with zero attached hydrogens (tertiary/aromatic N) is 1. The quantitative estimate of drug-likeness (QED) is 0.462. The van der Waals surface area contributed by atoms with E-state index in [1.807, 2.05) is 37.5 Å². The number of anilines is 1. The first-order chi connectivity index (χ1) is 12.8. The number of aromatic nitrogens is 1. The molecule has 0 saturated carbocycles. The molecule has 2 aromatic carbocycles. The molecule has 0 aliphatic rings. The number of carbonyl (C=O) groups is 2. The van der Waals surface area contributed by atoms with Crippen molar-refractivity contribution in [1.82, 2.24) is 4.57 Å². The van der Waals surface area contributed by atoms with Gasteiger partial charge in [0.2, 0.25) is 0 Å². The molecule has 27 heavy (non-hydrogen) atoms. The van der Waals surface area contributed by atoms with Crippen LogP contribution in [-0.4, -0.2) is 16.3 Å². The summed E-state index contributed by atoms with van der Waals surface area (Å²) in [6, 6.07) is 14.1. The van der Waals surface area contributed by atoms with Crippen LogP contribution in [0.5, 0.6) is 0 Å². The summed E-state index contributed by atoms with van der Waals surface area (Å²) in [7, 11) is 0. The average molecular weight is 401 g/mol. The minimum atomic E-state index is -0.687. The van der Waals surface area contributed by atoms with E-state index in [4.69, 9.17) is 23.2 Å². The molecule has 0 fully saturated rings. The Morgan fingerprint density at radius 2 is 1.59 bits per heavy atom. The Morgan fingerprint density at radius 3 is 2.22 bits per heavy atom. The van der Waals surface area contributed by atoms with Crippen molar-refractivity contribution >= 4 is 40.6 Å². The lowest BCUT2D eigenvalue weighted by Gasteiger charge is -2.10. The van der Waals surface area contributed by atoms with Crippen LogP contribution in [0.2, 0.25) is 10.0 Å². The van der Waals surface area contributed by atoms with Crippen LogP contribution in [0.3, 0.4) is 0 Å². The molecule has 6 heteroatoms. The highest BCUT2D eigenvalue weighted by Crippen LogP contribution is 2.24. The lowest BCUT2D eigenvalue weighted by molar-refractivity contribution is -0.112. The maximum Gasteiger partial charge on any atom is 0.296 e. The molecular formula is C21H18Cl2N2O2. The summed E-state index contributed by atoms with van der Waals surface area (Å²) in [4.78, 5) is 25.1. The maximum absolute atomic E-state index is 12.7. The molecule has 0 aliphatic carbocycles. The summed E-state index contributed by atoms with van der Waals surface area (Å²) >= 11 is 11.9. The van der Waals surface area contributed by atoms with Gasteiger partial charge in [0.15, 0.2) is 0 Å². The van der Waals surface area contributed by atoms with Crippen molar-refractivity contribution in [2.45, 2.75) is 20.8 Å². The third-order valence-electron chi connectivity index (χ3n) is 4.38. The highest BCUT2D eigenvalue weighted by molar-refractivity contribution is 6.46. The van der Waals surface area contributed by atoms with Gasteiger partial charge < -0.3 is 9.88 Å². The summed E-state index contributed by atoms with van der Waals surface area (Å²) in [6.45, 7) is 5.53. The first kappa shape index (κ1) is 19.2. The van der Waals surface area contributed by atoms with E-state index in [1.165, 1.54) is 0 Å². The fourth-order valence-corrected chi connectivity index (χ4v) is 3.26. The van der Waals surface area contributed by atoms with Gasteiger partial charge in [-0.15, -0.1) is 0 Å². The molecule has 3 aromatic rings. The van der Waals surface area contributed by atoms with E-state index < -0.39 is 11.7 Å². The van der Waals surface area contributed by atoms with Gasteiger partial charge in [-0.1, -0.05) is 23.2 Å². The van der Waals surface area contributed by atoms with Gasteiger partial charge in [0, 0.05) is 38.4 Å². The maximum atomic E-state index is 12.7. The molecule has 0 bridgehead atoms. The number of benzene rings is 2. The van der Waals surface area contributed by atoms with Crippen LogP contribution in [-0.2, 0) is 4.79 Å². The lowest BCUT2D eigenvalue weighted by Crippen LogP contribution is -2.23. The van der Waals surface area contributed by atoms with Gasteiger partial charge in [0.05, 0.1) is 0 Å². The second kappa shape index (κ2) is 7.59. The fourth-order valence-electron chi connectivity index (χ4n) is 3.01. The molecule has 0 unspecified atom stereocenters. The van der Waals surface area contributed by atoms with Crippen molar-refractivity contribution in [3.8, 4) is 5.69 Å². The topological polar surface area (TPSA) is 51.1 Å². The molecule has 0 radical (unpaired) electrons. The summed E-state index contributed by atoms with van der Waals surface area (Å²) in [6.07, 6.45) is 0. The van der Waals surface area contributed by atoms with E-state index in [9.17, 15) is 9.59 Å². The van der Waals surface area contributed by atoms with Crippen LogP contribution < -0.4 is 5.32 Å². The van der Waals surface area contributed by atoms with Crippen LogP contribution >= 0.6 is 23.2 Å². The van der Waals surface area contributed by atoms with E-state index in [2.05, 4.69) is 5.32 Å². The smallest absolute Gasteiger partial charge is 0.296 e. The number of amides is 1. The molecule has 3 rings (SSSR count). The normalized spacial score (nSPS) is 10.7. The van der Waals surface area contributed by atoms with E-state index in [1.54, 1.807) is 36.4 Å². The van der Waals surface area contributed by atoms with Crippen LogP contribution in [0.25, 0.3) is 5.69 Å². The largest absolute Gasteiger partial charge is 0.319 e. The summed E-state index contributed by atoms with van der Waals surface area (Å²) < 4.78 is 1.92. The predicted molar refractivity (Wildman–Crippen MR) is 109 cm³/mol. The van der Waals surface area contributed by atoms with Crippen LogP contribution in [0, 0.1) is 20.8 Å². The van der Waals surface area contributed by atoms with Gasteiger partial charge in [-0.05, 0) is 74.9 Å². The van der Waals surface area contributed by atoms with Crippen molar-refractivity contribution in [2.75, 3.05) is 5.32 Å². The average Bonchev–Trinajstić information content (AvgIpc) is 2.93. The third kappa shape index (κ3) is 3.92. The Hall–Kier alpha value is -2.56. The van der Waals surface area contributed by atoms with Crippen molar-refractivity contribution < 1.29 is 9.59 Å². The number of ketones is 1. The predicted octanol–water partition coefficient (Wildman–Crippen LogP) is 5.53. The van der Waals surface area contributed by atoms with Gasteiger partial charge in [0.1, 0.15) is 0 Å². The molecule has 1 amide bonds. The monoisotopic (exact) mass is 400 g/mol. The minimum Gasteiger partial charge on any atom is -0.319 e. The number of halogens is 2. The summed E-state index contributed by atoms with van der Waals surface area (Å²) in [5.41, 5.74) is 4.15. The fraction of sp³-hybridized carbons (Fsp3) is 0.143. The zero-order valence-corrected chi connectivity index (χ0v) is 16.7. The molecule has 138 valence electrons. The zero-order chi connectivity index (χ0) is 19.7. The molecule has 4 nitrogen and oxygen atoms in total. The Labute approximate surface area is 167 Å². The molecule has 0 atom stereocenters. The zero-order valence-electron chi connectivity index (χ0n) is 15.1. The van der Waals surface area contributed by atoms with Crippen molar-refractivity contribution in [1.29, 1.82) is 0 Å². The number of carbonyl (C=O) groups excluding carboxylic acids is 2. The molecule has 0 saturated heterocycles. The van der Waals surface area contributed by atoms with Crippen LogP contribution in [0.15, 0.2) is 48.5 Å². The number of rotatable bonds is 4. The molecule has 1 heterocycles. The van der Waals surface area contributed by atoms with E-state index >= 15 is 0 Å². The highest BCUT2D eigenvalue weighted by Gasteiger charge is 2.23. The highest BCUT2D eigenvalue weighted by atomic mass is 35.5. The van der Waals surface area contributed by atoms with E-state index in [0.29, 0.717) is 27.0 Å². The summed E-state index contributed by atoms with van der Waals surface area (Å²) in [5, 5.41) is 3.87. The molecule has 0 spiro atoms. The Balaban J connectivity index is 1.88. The second-order valence-electron chi connectivity index (χ2n) is 6.34. The van der Waals surface area contributed by atoms with Crippen molar-refractivity contribution in [3.05, 3.63) is 81.1 Å². The molecule has 1 N–H and O–H groups in total. The Morgan fingerprint density at radius 1 is 0.926 bits per heavy atom. The number of hydrogen-bond acceptors (Lipinski definition) is 2. The first-order valence-electron chi connectivity index (χ1n) is 8.34. The van der Waals surface area contributed by atoms with Crippen molar-refractivity contribution in [3.63, 3.8) is 0 Å². The third-order valence-corrected chi connectivity index (χ3v) is 5.06. The number of nitrogens with one attached hydrogen (secondary N) is 1. The van der Waals surface area contributed by atoms with Gasteiger partial charge >= 0.3 is 0 Å². The van der Waals surface area contributed by atoms with Crippen molar-refractivity contribution in [2.24, 2.45) is 0 Å². The second-order valence-corrected chi connectivity index (χ2v) is 7.19. The summed E-state index contributed by atoms with van der Waals surface area (Å²) in [5.74, 6) is -1.27. The number of hydrogen-bond donors (Lipinski definition) is 1. The minimum absolute atomic E-state index is 0.366. The van der Waals surface area contributed by atoms with E-state index in [-0.39, 0.29) is 0 Å². The first-order valence-corrected chi connectivity index (χ1v) is 9.10. The standard InChI is InChI=1S/C21H18Cl2N2O2/c1-12-10-16(6-9-19(12)23)24-21(27)20(26)18-11-13(2)25(14(18)3)17-7-4-15(22)5-8-17/h4-11H,1-3H3,(H,24,27). The van der Waals surface area contributed by atoms with Gasteiger partial charge in [-0.3, -0.25) is 9.59 Å². The van der Waals surface area contributed by atoms with Crippen LogP contribution in [0.4, 0.5) is 5.69 Å². The number of aryl methyl sites for hydroxylation is 2. The van der Waals surface area contributed by atoms with Crippen LogP contribution in [0.1, 0.15) is 27.3 Å². The molecule has 1 aromatic heterocycles. The SMILES string of the molecule is Cc1cc(NC(=O)C(=O)c2cc(C)n(-c3ccc(Cl)cc3)c2C)ccc1Cl. The Kier molecular flexibility index (Phi) is 5.40. The van der Waals surface area contributed by atoms with Gasteiger partial charge in [0.25, 0.3) is 11.7 Å². The molecule has 0 aliphatic heterocycles. The number of Topliss-reactive ketones (excluding diaryl/α,β-unsaturated/α-hetero) is 1. The Bertz CT molecular complexity index is 1040. The molecular weight excluding hydrogens is 383 g/mol. The van der Waals surface area contributed by atoms with Gasteiger partial charge in [-0.2, -0.15) is 0 Å². The van der Waals surface area contributed by atoms with E-state index in [0.717, 1.165) is 16.9 Å². The lowest BCUT2D eigenvalue weighted by atomic mass is 10.1. The van der Waals surface area contributed by atoms with Gasteiger partial charge in [-0.25, -0.2) is 0 Å².